The van der Waals surface area contributed by atoms with Crippen LogP contribution in [0.4, 0.5) is 8.78 Å². The number of aromatic nitrogens is 2. The summed E-state index contributed by atoms with van der Waals surface area (Å²) in [6, 6.07) is -1.56. The van der Waals surface area contributed by atoms with Gasteiger partial charge in [0.05, 0.1) is 24.3 Å². The lowest BCUT2D eigenvalue weighted by Crippen LogP contribution is -2.50. The Bertz CT molecular complexity index is 571. The maximum Gasteiger partial charge on any atom is 0.350 e. The number of fused-ring (bicyclic) bond motifs is 1. The minimum atomic E-state index is -4.94. The van der Waals surface area contributed by atoms with Crippen LogP contribution in [-0.2, 0) is 27.8 Å². The zero-order valence-corrected chi connectivity index (χ0v) is 9.69. The molecule has 1 aromatic heterocycles. The molecule has 0 saturated heterocycles. The number of nitrogens with one attached hydrogen (secondary N) is 1. The summed E-state index contributed by atoms with van der Waals surface area (Å²) in [6.07, 6.45) is 1.03. The van der Waals surface area contributed by atoms with Crippen LogP contribution in [0, 0.1) is 0 Å². The summed E-state index contributed by atoms with van der Waals surface area (Å²) in [7, 11) is -4.94. The predicted molar refractivity (Wildman–Crippen MR) is 54.2 cm³/mol. The van der Waals surface area contributed by atoms with E-state index in [1.54, 1.807) is 0 Å². The van der Waals surface area contributed by atoms with Gasteiger partial charge < -0.3 is 10.1 Å². The van der Waals surface area contributed by atoms with Crippen molar-refractivity contribution >= 4 is 16.0 Å². The third-order valence-electron chi connectivity index (χ3n) is 2.69. The molecule has 2 N–H and O–H groups in total. The van der Waals surface area contributed by atoms with E-state index >= 15 is 0 Å². The number of alkyl halides is 2. The monoisotopic (exact) mass is 281 g/mol. The van der Waals surface area contributed by atoms with Crippen LogP contribution in [0.5, 0.6) is 0 Å². The van der Waals surface area contributed by atoms with Crippen molar-refractivity contribution in [1.82, 2.24) is 14.3 Å². The third-order valence-corrected chi connectivity index (χ3v) is 4.18. The number of imidazole rings is 1. The first-order valence-electron chi connectivity index (χ1n) is 4.86. The molecule has 1 aliphatic heterocycles. The molecule has 1 unspecified atom stereocenters. The Hall–Kier alpha value is -1.55. The first-order chi connectivity index (χ1) is 8.34. The first kappa shape index (κ1) is 12.9. The van der Waals surface area contributed by atoms with Crippen LogP contribution in [-0.4, -0.2) is 45.6 Å². The zero-order valence-electron chi connectivity index (χ0n) is 8.88. The highest BCUT2D eigenvalue weighted by molar-refractivity contribution is 7.89. The van der Waals surface area contributed by atoms with Gasteiger partial charge in [-0.3, -0.25) is 4.79 Å². The van der Waals surface area contributed by atoms with Crippen molar-refractivity contribution < 1.29 is 27.1 Å². The smallest absolute Gasteiger partial charge is 0.350 e. The quantitative estimate of drug-likeness (QED) is 0.796. The first-order valence-corrected chi connectivity index (χ1v) is 6.37. The van der Waals surface area contributed by atoms with Gasteiger partial charge in [0, 0.05) is 6.42 Å². The number of sulfonamides is 1. The van der Waals surface area contributed by atoms with Gasteiger partial charge in [-0.15, -0.1) is 0 Å². The number of halogens is 2. The molecule has 0 saturated carbocycles. The van der Waals surface area contributed by atoms with E-state index in [0.29, 0.717) is 15.7 Å². The summed E-state index contributed by atoms with van der Waals surface area (Å²) in [5.74, 6) is -5.13. The zero-order chi connectivity index (χ0) is 13.5. The molecule has 1 atom stereocenters. The molecular formula is C8H9F2N3O4S. The highest BCUT2D eigenvalue weighted by Gasteiger charge is 2.43. The van der Waals surface area contributed by atoms with Crippen molar-refractivity contribution in [3.63, 3.8) is 0 Å². The number of H-pyrrole nitrogens is 1. The molecule has 2 heterocycles. The van der Waals surface area contributed by atoms with E-state index in [2.05, 4.69) is 9.97 Å². The van der Waals surface area contributed by atoms with Crippen molar-refractivity contribution in [1.29, 1.82) is 0 Å². The number of hydrogen-bond donors (Lipinski definition) is 2. The average molecular weight is 281 g/mol. The fourth-order valence-electron chi connectivity index (χ4n) is 1.79. The number of rotatable bonds is 3. The van der Waals surface area contributed by atoms with E-state index in [9.17, 15) is 22.0 Å². The number of hydrogen-bond acceptors (Lipinski definition) is 4. The normalized spacial score (nSPS) is 20.9. The molecule has 0 spiro atoms. The summed E-state index contributed by atoms with van der Waals surface area (Å²) >= 11 is 0. The lowest BCUT2D eigenvalue weighted by Gasteiger charge is -2.30. The van der Waals surface area contributed by atoms with Crippen molar-refractivity contribution in [2.75, 3.05) is 0 Å². The molecule has 0 radical (unpaired) electrons. The van der Waals surface area contributed by atoms with Crippen LogP contribution in [0.2, 0.25) is 0 Å². The van der Waals surface area contributed by atoms with Crippen molar-refractivity contribution in [3.05, 3.63) is 17.7 Å². The Morgan fingerprint density at radius 3 is 2.83 bits per heavy atom. The maximum absolute atomic E-state index is 12.5. The number of carboxylic acid groups (broad SMARTS) is 1. The largest absolute Gasteiger partial charge is 0.480 e. The van der Waals surface area contributed by atoms with Gasteiger partial charge in [-0.05, 0) is 0 Å². The molecule has 100 valence electrons. The highest BCUT2D eigenvalue weighted by atomic mass is 32.2. The van der Waals surface area contributed by atoms with E-state index in [1.165, 1.54) is 6.33 Å². The van der Waals surface area contributed by atoms with Crippen LogP contribution >= 0.6 is 0 Å². The Labute approximate surface area is 100 Å². The molecule has 0 fully saturated rings. The van der Waals surface area contributed by atoms with Crippen LogP contribution in [0.15, 0.2) is 6.33 Å². The van der Waals surface area contributed by atoms with Gasteiger partial charge in [-0.2, -0.15) is 13.1 Å². The standard InChI is InChI=1S/C8H9F2N3O4S/c9-8(10)18(16,17)13-2-5-4(11-3-12-5)1-6(13)7(14)15/h3,6,8H,1-2H2,(H,11,12)(H,14,15). The van der Waals surface area contributed by atoms with Crippen LogP contribution < -0.4 is 0 Å². The van der Waals surface area contributed by atoms with Gasteiger partial charge in [0.15, 0.2) is 0 Å². The molecule has 7 nitrogen and oxygen atoms in total. The van der Waals surface area contributed by atoms with E-state index in [-0.39, 0.29) is 6.42 Å². The summed E-state index contributed by atoms with van der Waals surface area (Å²) in [5, 5.41) is 8.93. The molecule has 1 aromatic rings. The lowest BCUT2D eigenvalue weighted by molar-refractivity contribution is -0.142. The van der Waals surface area contributed by atoms with E-state index in [0.717, 1.165) is 0 Å². The van der Waals surface area contributed by atoms with E-state index in [1.807, 2.05) is 0 Å². The summed E-state index contributed by atoms with van der Waals surface area (Å²) in [5.41, 5.74) is 0.708. The number of carbonyl (C=O) groups is 1. The fourth-order valence-corrected chi connectivity index (χ4v) is 2.83. The minimum absolute atomic E-state index is 0.236. The molecule has 0 aliphatic carbocycles. The van der Waals surface area contributed by atoms with E-state index in [4.69, 9.17) is 5.11 Å². The highest BCUT2D eigenvalue weighted by Crippen LogP contribution is 2.26. The summed E-state index contributed by atoms with van der Waals surface area (Å²) in [4.78, 5) is 17.4. The van der Waals surface area contributed by atoms with Crippen molar-refractivity contribution in [2.45, 2.75) is 24.8 Å². The maximum atomic E-state index is 12.5. The van der Waals surface area contributed by atoms with Gasteiger partial charge >= 0.3 is 11.7 Å². The lowest BCUT2D eigenvalue weighted by atomic mass is 10.1. The Morgan fingerprint density at radius 1 is 1.61 bits per heavy atom. The van der Waals surface area contributed by atoms with Gasteiger partial charge in [-0.1, -0.05) is 0 Å². The second-order valence-corrected chi connectivity index (χ2v) is 5.59. The van der Waals surface area contributed by atoms with Gasteiger partial charge in [0.1, 0.15) is 6.04 Å². The van der Waals surface area contributed by atoms with Crippen molar-refractivity contribution in [2.24, 2.45) is 0 Å². The summed E-state index contributed by atoms with van der Waals surface area (Å²) < 4.78 is 48.1. The number of nitrogens with zero attached hydrogens (tertiary/aromatic N) is 2. The molecule has 10 heteroatoms. The minimum Gasteiger partial charge on any atom is -0.480 e. The second kappa shape index (κ2) is 4.28. The molecule has 2 rings (SSSR count). The van der Waals surface area contributed by atoms with Crippen molar-refractivity contribution in [3.8, 4) is 0 Å². The second-order valence-electron chi connectivity index (χ2n) is 3.74. The Morgan fingerprint density at radius 2 is 2.28 bits per heavy atom. The number of aliphatic carboxylic acids is 1. The fraction of sp³-hybridized carbons (Fsp3) is 0.500. The molecule has 0 bridgehead atoms. The molecule has 0 aromatic carbocycles. The molecule has 0 amide bonds. The Kier molecular flexibility index (Phi) is 3.07. The number of aromatic amines is 1. The topological polar surface area (TPSA) is 103 Å². The third kappa shape index (κ3) is 1.97. The number of carboxylic acids is 1. The van der Waals surface area contributed by atoms with Crippen LogP contribution in [0.25, 0.3) is 0 Å². The van der Waals surface area contributed by atoms with Crippen LogP contribution in [0.1, 0.15) is 11.4 Å². The molecule has 1 aliphatic rings. The SMILES string of the molecule is O=C(O)C1Cc2nc[nH]c2CN1S(=O)(=O)C(F)F. The van der Waals surface area contributed by atoms with Gasteiger partial charge in [0.25, 0.3) is 10.0 Å². The van der Waals surface area contributed by atoms with Gasteiger partial charge in [0.2, 0.25) is 0 Å². The molecular weight excluding hydrogens is 272 g/mol. The van der Waals surface area contributed by atoms with E-state index < -0.39 is 34.3 Å². The van der Waals surface area contributed by atoms with Gasteiger partial charge in [-0.25, -0.2) is 13.4 Å². The predicted octanol–water partition coefficient (Wildman–Crippen LogP) is -0.227. The van der Waals surface area contributed by atoms with Crippen LogP contribution in [0.3, 0.4) is 0 Å². The Balaban J connectivity index is 2.43. The molecule has 18 heavy (non-hydrogen) atoms. The average Bonchev–Trinajstić information content (AvgIpc) is 2.73. The summed E-state index contributed by atoms with van der Waals surface area (Å²) in [6.45, 7) is -0.445.